The summed E-state index contributed by atoms with van der Waals surface area (Å²) in [7, 11) is 0. The van der Waals surface area contributed by atoms with Crippen LogP contribution in [0.3, 0.4) is 0 Å². The maximum absolute atomic E-state index is 10.2. The second-order valence-electron chi connectivity index (χ2n) is 6.73. The Labute approximate surface area is 92.4 Å². The minimum atomic E-state index is -0.358. The van der Waals surface area contributed by atoms with Gasteiger partial charge in [0.15, 0.2) is 0 Å². The summed E-state index contributed by atoms with van der Waals surface area (Å²) in [6, 6.07) is 0. The summed E-state index contributed by atoms with van der Waals surface area (Å²) in [5, 5.41) is 13.4. The van der Waals surface area contributed by atoms with E-state index in [0.717, 1.165) is 37.3 Å². The highest BCUT2D eigenvalue weighted by molar-refractivity contribution is 5.06. The molecule has 1 aliphatic heterocycles. The van der Waals surface area contributed by atoms with Crippen molar-refractivity contribution in [2.45, 2.75) is 45.1 Å². The standard InChI is InChI=1S/C13H23NO/c1-12(2)10-4-3-9(11(12)5-10)6-13(15)7-14-8-13/h9-11,14-15H,3-8H2,1-2H3. The number of hydrogen-bond donors (Lipinski definition) is 2. The maximum Gasteiger partial charge on any atom is 0.0897 e. The highest BCUT2D eigenvalue weighted by Gasteiger charge is 2.55. The van der Waals surface area contributed by atoms with Gasteiger partial charge in [0.2, 0.25) is 0 Å². The average molecular weight is 209 g/mol. The van der Waals surface area contributed by atoms with E-state index in [1.54, 1.807) is 0 Å². The molecule has 3 unspecified atom stereocenters. The Morgan fingerprint density at radius 1 is 1.27 bits per heavy atom. The molecule has 3 atom stereocenters. The predicted molar refractivity (Wildman–Crippen MR) is 60.5 cm³/mol. The van der Waals surface area contributed by atoms with Gasteiger partial charge in [-0.25, -0.2) is 0 Å². The van der Waals surface area contributed by atoms with E-state index < -0.39 is 0 Å². The number of β-amino-alcohol motifs (C(OH)–C–C–N with tert-alkyl or cyclic N) is 1. The zero-order valence-corrected chi connectivity index (χ0v) is 9.92. The summed E-state index contributed by atoms with van der Waals surface area (Å²) in [6.07, 6.45) is 5.24. The van der Waals surface area contributed by atoms with Gasteiger partial charge in [-0.05, 0) is 48.9 Å². The molecule has 4 fully saturated rings. The lowest BCUT2D eigenvalue weighted by molar-refractivity contribution is -0.133. The first-order valence-electron chi connectivity index (χ1n) is 6.44. The van der Waals surface area contributed by atoms with Crippen LogP contribution in [0.1, 0.15) is 39.5 Å². The van der Waals surface area contributed by atoms with Crippen LogP contribution in [0.15, 0.2) is 0 Å². The van der Waals surface area contributed by atoms with Crippen LogP contribution < -0.4 is 5.32 Å². The fourth-order valence-electron chi connectivity index (χ4n) is 4.25. The van der Waals surface area contributed by atoms with Crippen molar-refractivity contribution in [2.75, 3.05) is 13.1 Å². The monoisotopic (exact) mass is 209 g/mol. The molecule has 0 aromatic carbocycles. The van der Waals surface area contributed by atoms with Crippen LogP contribution in [-0.2, 0) is 0 Å². The summed E-state index contributed by atoms with van der Waals surface area (Å²) in [5.41, 5.74) is 0.208. The van der Waals surface area contributed by atoms with Crippen LogP contribution in [0.25, 0.3) is 0 Å². The fourth-order valence-corrected chi connectivity index (χ4v) is 4.25. The highest BCUT2D eigenvalue weighted by atomic mass is 16.3. The van der Waals surface area contributed by atoms with E-state index in [0.29, 0.717) is 5.41 Å². The van der Waals surface area contributed by atoms with Crippen LogP contribution in [0, 0.1) is 23.2 Å². The van der Waals surface area contributed by atoms with Gasteiger partial charge in [0.05, 0.1) is 5.60 Å². The van der Waals surface area contributed by atoms with Crippen molar-refractivity contribution in [1.29, 1.82) is 0 Å². The Morgan fingerprint density at radius 2 is 2.00 bits per heavy atom. The number of hydrogen-bond acceptors (Lipinski definition) is 2. The molecule has 15 heavy (non-hydrogen) atoms. The van der Waals surface area contributed by atoms with Crippen molar-refractivity contribution < 1.29 is 5.11 Å². The number of fused-ring (bicyclic) bond motifs is 2. The van der Waals surface area contributed by atoms with Gasteiger partial charge in [-0.3, -0.25) is 0 Å². The summed E-state index contributed by atoms with van der Waals surface area (Å²) >= 11 is 0. The van der Waals surface area contributed by atoms with Crippen LogP contribution >= 0.6 is 0 Å². The molecule has 86 valence electrons. The highest BCUT2D eigenvalue weighted by Crippen LogP contribution is 2.62. The average Bonchev–Trinajstić information content (AvgIpc) is 2.15. The third-order valence-electron chi connectivity index (χ3n) is 5.55. The summed E-state index contributed by atoms with van der Waals surface area (Å²) < 4.78 is 0. The molecule has 0 aromatic heterocycles. The summed E-state index contributed by atoms with van der Waals surface area (Å²) in [5.74, 6) is 2.66. The lowest BCUT2D eigenvalue weighted by Crippen LogP contribution is -2.62. The van der Waals surface area contributed by atoms with Crippen molar-refractivity contribution in [3.05, 3.63) is 0 Å². The summed E-state index contributed by atoms with van der Waals surface area (Å²) in [4.78, 5) is 0. The predicted octanol–water partition coefficient (Wildman–Crippen LogP) is 1.78. The van der Waals surface area contributed by atoms with Crippen molar-refractivity contribution >= 4 is 0 Å². The Balaban J connectivity index is 1.67. The van der Waals surface area contributed by atoms with Crippen LogP contribution in [-0.4, -0.2) is 23.8 Å². The third-order valence-corrected chi connectivity index (χ3v) is 5.55. The van der Waals surface area contributed by atoms with Crippen molar-refractivity contribution in [3.8, 4) is 0 Å². The molecule has 0 amide bonds. The van der Waals surface area contributed by atoms with Gasteiger partial charge in [-0.1, -0.05) is 13.8 Å². The minimum absolute atomic E-state index is 0.358. The van der Waals surface area contributed by atoms with E-state index in [9.17, 15) is 5.11 Å². The molecule has 0 spiro atoms. The van der Waals surface area contributed by atoms with Crippen molar-refractivity contribution in [1.82, 2.24) is 5.32 Å². The molecule has 1 heterocycles. The Morgan fingerprint density at radius 3 is 2.47 bits per heavy atom. The number of nitrogens with one attached hydrogen (secondary N) is 1. The van der Waals surface area contributed by atoms with Crippen LogP contribution in [0.5, 0.6) is 0 Å². The van der Waals surface area contributed by atoms with E-state index in [1.807, 2.05) is 0 Å². The lowest BCUT2D eigenvalue weighted by atomic mass is 9.44. The van der Waals surface area contributed by atoms with Crippen LogP contribution in [0.4, 0.5) is 0 Å². The Bertz CT molecular complexity index is 268. The smallest absolute Gasteiger partial charge is 0.0897 e. The first-order chi connectivity index (χ1) is 7.01. The molecule has 2 heteroatoms. The van der Waals surface area contributed by atoms with E-state index >= 15 is 0 Å². The minimum Gasteiger partial charge on any atom is -0.387 e. The lowest BCUT2D eigenvalue weighted by Gasteiger charge is -2.61. The molecule has 2 bridgehead atoms. The Kier molecular flexibility index (Phi) is 2.01. The van der Waals surface area contributed by atoms with E-state index in [2.05, 4.69) is 19.2 Å². The first-order valence-corrected chi connectivity index (χ1v) is 6.44. The molecule has 3 saturated carbocycles. The molecule has 2 nitrogen and oxygen atoms in total. The SMILES string of the molecule is CC1(C)C2CCC(CC3(O)CNC3)C1C2. The molecule has 0 aromatic rings. The molecule has 2 N–H and O–H groups in total. The molecular formula is C13H23NO. The normalized spacial score (nSPS) is 45.4. The fraction of sp³-hybridized carbons (Fsp3) is 1.00. The van der Waals surface area contributed by atoms with Crippen LogP contribution in [0.2, 0.25) is 0 Å². The van der Waals surface area contributed by atoms with Gasteiger partial charge < -0.3 is 10.4 Å². The quantitative estimate of drug-likeness (QED) is 0.726. The number of aliphatic hydroxyl groups is 1. The van der Waals surface area contributed by atoms with Gasteiger partial charge in [0.25, 0.3) is 0 Å². The molecule has 4 rings (SSSR count). The largest absolute Gasteiger partial charge is 0.387 e. The third kappa shape index (κ3) is 1.38. The molecule has 0 radical (unpaired) electrons. The maximum atomic E-state index is 10.2. The topological polar surface area (TPSA) is 32.3 Å². The number of rotatable bonds is 2. The first kappa shape index (κ1) is 10.1. The molecule has 3 aliphatic carbocycles. The van der Waals surface area contributed by atoms with Gasteiger partial charge >= 0.3 is 0 Å². The zero-order chi connectivity index (χ0) is 10.7. The van der Waals surface area contributed by atoms with Gasteiger partial charge in [0, 0.05) is 13.1 Å². The molecule has 4 aliphatic rings. The second kappa shape index (κ2) is 2.98. The van der Waals surface area contributed by atoms with Crippen molar-refractivity contribution in [2.24, 2.45) is 23.2 Å². The van der Waals surface area contributed by atoms with Crippen molar-refractivity contribution in [3.63, 3.8) is 0 Å². The Hall–Kier alpha value is -0.0800. The van der Waals surface area contributed by atoms with E-state index in [4.69, 9.17) is 0 Å². The second-order valence-corrected chi connectivity index (χ2v) is 6.73. The summed E-state index contributed by atoms with van der Waals surface area (Å²) in [6.45, 7) is 6.50. The molecule has 1 saturated heterocycles. The zero-order valence-electron chi connectivity index (χ0n) is 9.92. The van der Waals surface area contributed by atoms with Gasteiger partial charge in [-0.2, -0.15) is 0 Å². The van der Waals surface area contributed by atoms with Gasteiger partial charge in [0.1, 0.15) is 0 Å². The van der Waals surface area contributed by atoms with E-state index in [1.165, 1.54) is 19.3 Å². The molecular weight excluding hydrogens is 186 g/mol. The van der Waals surface area contributed by atoms with Gasteiger partial charge in [-0.15, -0.1) is 0 Å². The van der Waals surface area contributed by atoms with E-state index in [-0.39, 0.29) is 5.60 Å².